The molecule has 0 spiro atoms. The van der Waals surface area contributed by atoms with E-state index in [9.17, 15) is 0 Å². The van der Waals surface area contributed by atoms with E-state index in [0.717, 1.165) is 17.8 Å². The summed E-state index contributed by atoms with van der Waals surface area (Å²) < 4.78 is 0. The first kappa shape index (κ1) is 11.7. The van der Waals surface area contributed by atoms with E-state index in [1.54, 1.807) is 0 Å². The van der Waals surface area contributed by atoms with Crippen molar-refractivity contribution >= 4 is 11.3 Å². The summed E-state index contributed by atoms with van der Waals surface area (Å²) in [4.78, 5) is 6.29. The van der Waals surface area contributed by atoms with Gasteiger partial charge in [0.2, 0.25) is 0 Å². The lowest BCUT2D eigenvalue weighted by atomic mass is 9.83. The van der Waals surface area contributed by atoms with Crippen molar-refractivity contribution < 1.29 is 0 Å². The highest BCUT2D eigenvalue weighted by atomic mass is 32.1. The second kappa shape index (κ2) is 4.69. The van der Waals surface area contributed by atoms with Crippen LogP contribution in [-0.4, -0.2) is 4.98 Å². The minimum atomic E-state index is 0.687. The molecule has 3 rings (SSSR count). The molecule has 0 bridgehead atoms. The summed E-state index contributed by atoms with van der Waals surface area (Å²) in [6.45, 7) is 3.06. The molecule has 0 radical (unpaired) electrons. The van der Waals surface area contributed by atoms with Gasteiger partial charge in [0.1, 0.15) is 0 Å². The van der Waals surface area contributed by atoms with Gasteiger partial charge in [-0.1, -0.05) is 19.8 Å². The lowest BCUT2D eigenvalue weighted by Crippen LogP contribution is -2.10. The maximum Gasteiger partial charge on any atom is 0.0962 e. The van der Waals surface area contributed by atoms with Gasteiger partial charge in [0.25, 0.3) is 0 Å². The van der Waals surface area contributed by atoms with Crippen LogP contribution in [0.4, 0.5) is 0 Å². The van der Waals surface area contributed by atoms with E-state index < -0.39 is 0 Å². The van der Waals surface area contributed by atoms with Crippen LogP contribution in [0.2, 0.25) is 0 Å². The quantitative estimate of drug-likeness (QED) is 0.887. The average Bonchev–Trinajstić information content (AvgIpc) is 3.10. The first-order valence-electron chi connectivity index (χ1n) is 6.97. The third-order valence-corrected chi connectivity index (χ3v) is 5.51. The highest BCUT2D eigenvalue weighted by Crippen LogP contribution is 2.45. The van der Waals surface area contributed by atoms with E-state index in [1.807, 2.05) is 11.3 Å². The first-order chi connectivity index (χ1) is 8.28. The maximum absolute atomic E-state index is 5.85. The van der Waals surface area contributed by atoms with Crippen LogP contribution in [0.1, 0.15) is 72.9 Å². The van der Waals surface area contributed by atoms with Gasteiger partial charge in [0, 0.05) is 23.3 Å². The fraction of sp³-hybridized carbons (Fsp3) is 0.786. The Kier molecular flexibility index (Phi) is 3.22. The van der Waals surface area contributed by atoms with Gasteiger partial charge >= 0.3 is 0 Å². The van der Waals surface area contributed by atoms with Crippen LogP contribution in [-0.2, 0) is 6.54 Å². The molecule has 3 heteroatoms. The van der Waals surface area contributed by atoms with Gasteiger partial charge in [-0.25, -0.2) is 4.98 Å². The Morgan fingerprint density at radius 3 is 2.35 bits per heavy atom. The monoisotopic (exact) mass is 250 g/mol. The number of nitrogens with zero attached hydrogens (tertiary/aromatic N) is 1. The molecule has 1 heterocycles. The zero-order valence-corrected chi connectivity index (χ0v) is 11.4. The molecule has 2 aliphatic rings. The summed E-state index contributed by atoms with van der Waals surface area (Å²) in [6, 6.07) is 0. The van der Waals surface area contributed by atoms with Gasteiger partial charge in [0.05, 0.1) is 10.7 Å². The molecular weight excluding hydrogens is 228 g/mol. The zero-order chi connectivity index (χ0) is 11.8. The number of rotatable bonds is 3. The highest BCUT2D eigenvalue weighted by Gasteiger charge is 2.31. The van der Waals surface area contributed by atoms with Crippen molar-refractivity contribution in [2.24, 2.45) is 11.7 Å². The predicted molar refractivity (Wildman–Crippen MR) is 72.4 cm³/mol. The minimum absolute atomic E-state index is 0.687. The van der Waals surface area contributed by atoms with Crippen molar-refractivity contribution in [1.82, 2.24) is 4.98 Å². The number of aromatic nitrogens is 1. The van der Waals surface area contributed by atoms with Crippen LogP contribution >= 0.6 is 11.3 Å². The van der Waals surface area contributed by atoms with Crippen molar-refractivity contribution in [3.63, 3.8) is 0 Å². The van der Waals surface area contributed by atoms with E-state index in [-0.39, 0.29) is 0 Å². The van der Waals surface area contributed by atoms with Gasteiger partial charge in [-0.15, -0.1) is 11.3 Å². The number of hydrogen-bond donors (Lipinski definition) is 1. The van der Waals surface area contributed by atoms with E-state index in [2.05, 4.69) is 6.92 Å². The second-order valence-electron chi connectivity index (χ2n) is 5.80. The number of hydrogen-bond acceptors (Lipinski definition) is 3. The van der Waals surface area contributed by atoms with Gasteiger partial charge in [-0.3, -0.25) is 0 Å². The summed E-state index contributed by atoms with van der Waals surface area (Å²) in [6.07, 6.45) is 8.09. The maximum atomic E-state index is 5.85. The van der Waals surface area contributed by atoms with E-state index >= 15 is 0 Å². The molecule has 2 nitrogen and oxygen atoms in total. The molecule has 0 amide bonds. The topological polar surface area (TPSA) is 38.9 Å². The van der Waals surface area contributed by atoms with Gasteiger partial charge in [0.15, 0.2) is 0 Å². The Hall–Kier alpha value is -0.410. The van der Waals surface area contributed by atoms with E-state index in [1.165, 1.54) is 54.1 Å². The molecule has 0 unspecified atom stereocenters. The van der Waals surface area contributed by atoms with Crippen LogP contribution in [0.5, 0.6) is 0 Å². The van der Waals surface area contributed by atoms with Crippen molar-refractivity contribution in [2.45, 2.75) is 63.8 Å². The smallest absolute Gasteiger partial charge is 0.0962 e. The molecular formula is C14H22N2S. The first-order valence-corrected chi connectivity index (χ1v) is 7.79. The molecule has 2 N–H and O–H groups in total. The third kappa shape index (κ3) is 2.41. The van der Waals surface area contributed by atoms with E-state index in [4.69, 9.17) is 10.7 Å². The zero-order valence-electron chi connectivity index (χ0n) is 10.6. The summed E-state index contributed by atoms with van der Waals surface area (Å²) >= 11 is 1.90. The lowest BCUT2D eigenvalue weighted by Gasteiger charge is -2.24. The van der Waals surface area contributed by atoms with Crippen molar-refractivity contribution in [3.8, 4) is 0 Å². The Balaban J connectivity index is 1.78. The molecule has 0 atom stereocenters. The van der Waals surface area contributed by atoms with Crippen LogP contribution in [0.25, 0.3) is 0 Å². The third-order valence-electron chi connectivity index (χ3n) is 4.26. The van der Waals surface area contributed by atoms with Crippen LogP contribution in [0.15, 0.2) is 0 Å². The Morgan fingerprint density at radius 2 is 1.76 bits per heavy atom. The van der Waals surface area contributed by atoms with E-state index in [0.29, 0.717) is 6.54 Å². The lowest BCUT2D eigenvalue weighted by molar-refractivity contribution is 0.347. The summed E-state index contributed by atoms with van der Waals surface area (Å²) in [5, 5.41) is 1.39. The van der Waals surface area contributed by atoms with Gasteiger partial charge < -0.3 is 5.73 Å². The summed E-state index contributed by atoms with van der Waals surface area (Å²) in [7, 11) is 0. The van der Waals surface area contributed by atoms with Crippen molar-refractivity contribution in [1.29, 1.82) is 0 Å². The normalized spacial score (nSPS) is 29.5. The Morgan fingerprint density at radius 1 is 1.12 bits per heavy atom. The van der Waals surface area contributed by atoms with Crippen LogP contribution in [0, 0.1) is 5.92 Å². The highest BCUT2D eigenvalue weighted by molar-refractivity contribution is 7.11. The Labute approximate surface area is 108 Å². The fourth-order valence-electron chi connectivity index (χ4n) is 2.89. The van der Waals surface area contributed by atoms with Crippen LogP contribution < -0.4 is 5.73 Å². The molecule has 2 aliphatic carbocycles. The molecule has 2 saturated carbocycles. The molecule has 1 aromatic rings. The minimum Gasteiger partial charge on any atom is -0.326 e. The fourth-order valence-corrected chi connectivity index (χ4v) is 4.09. The summed E-state index contributed by atoms with van der Waals surface area (Å²) in [5.74, 6) is 2.40. The number of thiazole rings is 1. The SMILES string of the molecule is CC1CCC(c2nc(C3CC3)c(CN)s2)CC1. The predicted octanol–water partition coefficient (Wildman–Crippen LogP) is 3.77. The van der Waals surface area contributed by atoms with Crippen LogP contribution in [0.3, 0.4) is 0 Å². The summed E-state index contributed by atoms with van der Waals surface area (Å²) in [5.41, 5.74) is 7.20. The van der Waals surface area contributed by atoms with Gasteiger partial charge in [-0.05, 0) is 31.6 Å². The average molecular weight is 250 g/mol. The molecule has 1 aromatic heterocycles. The van der Waals surface area contributed by atoms with Crippen molar-refractivity contribution in [3.05, 3.63) is 15.6 Å². The largest absolute Gasteiger partial charge is 0.326 e. The molecule has 0 aliphatic heterocycles. The Bertz CT molecular complexity index is 387. The molecule has 2 fully saturated rings. The molecule has 0 aromatic carbocycles. The standard InChI is InChI=1S/C14H22N2S/c1-9-2-4-11(5-3-9)14-16-13(10-6-7-10)12(8-15)17-14/h9-11H,2-8,15H2,1H3. The second-order valence-corrected chi connectivity index (χ2v) is 6.91. The molecule has 17 heavy (non-hydrogen) atoms. The molecule has 0 saturated heterocycles. The molecule has 94 valence electrons. The van der Waals surface area contributed by atoms with Crippen molar-refractivity contribution in [2.75, 3.05) is 0 Å². The number of nitrogens with two attached hydrogens (primary N) is 1. The van der Waals surface area contributed by atoms with Gasteiger partial charge in [-0.2, -0.15) is 0 Å².